The van der Waals surface area contributed by atoms with Crippen LogP contribution in [-0.4, -0.2) is 41.9 Å². The second kappa shape index (κ2) is 9.22. The first-order valence-electron chi connectivity index (χ1n) is 10.7. The summed E-state index contributed by atoms with van der Waals surface area (Å²) in [5.41, 5.74) is 2.41. The number of hydrogen-bond donors (Lipinski definition) is 1. The molecule has 0 saturated carbocycles. The Bertz CT molecular complexity index is 1210. The third-order valence-electron chi connectivity index (χ3n) is 5.61. The maximum absolute atomic E-state index is 13.2. The summed E-state index contributed by atoms with van der Waals surface area (Å²) in [5, 5.41) is 6.86. The molecule has 1 fully saturated rings. The van der Waals surface area contributed by atoms with Gasteiger partial charge in [0.2, 0.25) is 27.6 Å². The highest BCUT2D eigenvalue weighted by Gasteiger charge is 2.32. The lowest BCUT2D eigenvalue weighted by molar-refractivity contribution is -0.120. The second-order valence-corrected chi connectivity index (χ2v) is 9.87. The molecule has 2 heterocycles. The lowest BCUT2D eigenvalue weighted by atomic mass is 9.97. The Balaban J connectivity index is 1.42. The largest absolute Gasteiger partial charge is 0.339 e. The van der Waals surface area contributed by atoms with Gasteiger partial charge in [-0.05, 0) is 49.6 Å². The third kappa shape index (κ3) is 4.73. The molecule has 4 rings (SSSR count). The minimum atomic E-state index is -3.69. The molecule has 0 atom stereocenters. The predicted octanol–water partition coefficient (Wildman–Crippen LogP) is 3.65. The van der Waals surface area contributed by atoms with E-state index in [0.717, 1.165) is 11.3 Å². The molecular formula is C23H26N4O4S. The zero-order valence-corrected chi connectivity index (χ0v) is 18.9. The quantitative estimate of drug-likeness (QED) is 0.610. The molecule has 32 heavy (non-hydrogen) atoms. The summed E-state index contributed by atoms with van der Waals surface area (Å²) in [5.74, 6) is 0.572. The molecular weight excluding hydrogens is 428 g/mol. The Kier molecular flexibility index (Phi) is 6.38. The normalized spacial score (nSPS) is 15.6. The van der Waals surface area contributed by atoms with Crippen molar-refractivity contribution < 1.29 is 17.7 Å². The molecule has 3 aromatic rings. The Labute approximate surface area is 187 Å². The highest BCUT2D eigenvalue weighted by molar-refractivity contribution is 7.89. The van der Waals surface area contributed by atoms with E-state index in [9.17, 15) is 13.2 Å². The van der Waals surface area contributed by atoms with E-state index < -0.39 is 10.0 Å². The summed E-state index contributed by atoms with van der Waals surface area (Å²) in [6, 6.07) is 14.2. The SMILES string of the molecule is CCc1nc(-c2cccc(S(=O)(=O)N3CCC(C(=O)Nc4cccc(C)c4)CC3)c2)no1. The molecule has 0 radical (unpaired) electrons. The smallest absolute Gasteiger partial charge is 0.243 e. The highest BCUT2D eigenvalue weighted by Crippen LogP contribution is 2.27. The van der Waals surface area contributed by atoms with Gasteiger partial charge in [-0.25, -0.2) is 8.42 Å². The lowest BCUT2D eigenvalue weighted by Crippen LogP contribution is -2.41. The van der Waals surface area contributed by atoms with E-state index >= 15 is 0 Å². The number of aromatic nitrogens is 2. The minimum absolute atomic E-state index is 0.0709. The van der Waals surface area contributed by atoms with Crippen LogP contribution < -0.4 is 5.32 Å². The van der Waals surface area contributed by atoms with Gasteiger partial charge < -0.3 is 9.84 Å². The number of anilines is 1. The highest BCUT2D eigenvalue weighted by atomic mass is 32.2. The molecule has 2 aromatic carbocycles. The summed E-state index contributed by atoms with van der Waals surface area (Å²) in [4.78, 5) is 17.1. The van der Waals surface area contributed by atoms with Crippen LogP contribution in [0.3, 0.4) is 0 Å². The first-order chi connectivity index (χ1) is 15.4. The fourth-order valence-corrected chi connectivity index (χ4v) is 5.30. The van der Waals surface area contributed by atoms with E-state index in [1.54, 1.807) is 24.3 Å². The van der Waals surface area contributed by atoms with Crippen LogP contribution in [0.1, 0.15) is 31.2 Å². The monoisotopic (exact) mass is 454 g/mol. The minimum Gasteiger partial charge on any atom is -0.339 e. The van der Waals surface area contributed by atoms with Crippen molar-refractivity contribution in [2.75, 3.05) is 18.4 Å². The zero-order chi connectivity index (χ0) is 22.7. The zero-order valence-electron chi connectivity index (χ0n) is 18.1. The van der Waals surface area contributed by atoms with E-state index in [1.165, 1.54) is 4.31 Å². The number of hydrogen-bond acceptors (Lipinski definition) is 6. The number of sulfonamides is 1. The van der Waals surface area contributed by atoms with Crippen molar-refractivity contribution in [1.29, 1.82) is 0 Å². The van der Waals surface area contributed by atoms with Crippen LogP contribution in [0.2, 0.25) is 0 Å². The van der Waals surface area contributed by atoms with E-state index in [0.29, 0.717) is 49.6 Å². The van der Waals surface area contributed by atoms with Crippen molar-refractivity contribution in [3.05, 3.63) is 60.0 Å². The van der Waals surface area contributed by atoms with Gasteiger partial charge in [0.25, 0.3) is 0 Å². The molecule has 1 amide bonds. The first-order valence-corrected chi connectivity index (χ1v) is 12.1. The first kappa shape index (κ1) is 22.2. The topological polar surface area (TPSA) is 105 Å². The van der Waals surface area contributed by atoms with Crippen molar-refractivity contribution in [3.63, 3.8) is 0 Å². The molecule has 1 saturated heterocycles. The van der Waals surface area contributed by atoms with Crippen LogP contribution in [0.4, 0.5) is 5.69 Å². The van der Waals surface area contributed by atoms with Crippen molar-refractivity contribution in [1.82, 2.24) is 14.4 Å². The number of carbonyl (C=O) groups is 1. The Morgan fingerprint density at radius 3 is 2.59 bits per heavy atom. The number of nitrogens with one attached hydrogen (secondary N) is 1. The predicted molar refractivity (Wildman–Crippen MR) is 120 cm³/mol. The van der Waals surface area contributed by atoms with Gasteiger partial charge in [0.1, 0.15) is 0 Å². The third-order valence-corrected chi connectivity index (χ3v) is 7.51. The Morgan fingerprint density at radius 2 is 1.91 bits per heavy atom. The average Bonchev–Trinajstić information content (AvgIpc) is 3.29. The number of benzene rings is 2. The van der Waals surface area contributed by atoms with Crippen molar-refractivity contribution in [3.8, 4) is 11.4 Å². The molecule has 0 spiro atoms. The maximum Gasteiger partial charge on any atom is 0.243 e. The molecule has 1 aliphatic heterocycles. The molecule has 1 aliphatic rings. The van der Waals surface area contributed by atoms with Crippen LogP contribution in [-0.2, 0) is 21.2 Å². The summed E-state index contributed by atoms with van der Waals surface area (Å²) in [7, 11) is -3.69. The van der Waals surface area contributed by atoms with E-state index in [-0.39, 0.29) is 16.7 Å². The molecule has 1 N–H and O–H groups in total. The summed E-state index contributed by atoms with van der Waals surface area (Å²) < 4.78 is 33.0. The van der Waals surface area contributed by atoms with Crippen LogP contribution in [0.15, 0.2) is 57.9 Å². The van der Waals surface area contributed by atoms with Crippen molar-refractivity contribution in [2.24, 2.45) is 5.92 Å². The summed E-state index contributed by atoms with van der Waals surface area (Å²) >= 11 is 0. The molecule has 0 aliphatic carbocycles. The molecule has 0 bridgehead atoms. The fourth-order valence-electron chi connectivity index (χ4n) is 3.79. The maximum atomic E-state index is 13.2. The van der Waals surface area contributed by atoms with Crippen molar-refractivity contribution >= 4 is 21.6 Å². The van der Waals surface area contributed by atoms with Gasteiger partial charge in [0, 0.05) is 36.7 Å². The summed E-state index contributed by atoms with van der Waals surface area (Å²) in [6.45, 7) is 4.46. The van der Waals surface area contributed by atoms with E-state index in [4.69, 9.17) is 4.52 Å². The van der Waals surface area contributed by atoms with Crippen LogP contribution >= 0.6 is 0 Å². The number of rotatable bonds is 6. The number of amides is 1. The lowest BCUT2D eigenvalue weighted by Gasteiger charge is -2.30. The standard InChI is InChI=1S/C23H26N4O4S/c1-3-21-25-22(26-31-21)18-7-5-9-20(15-18)32(29,30)27-12-10-17(11-13-27)23(28)24-19-8-4-6-16(2)14-19/h4-9,14-15,17H,3,10-13H2,1-2H3,(H,24,28). The molecule has 168 valence electrons. The number of aryl methyl sites for hydroxylation is 2. The van der Waals surface area contributed by atoms with E-state index in [2.05, 4.69) is 15.5 Å². The number of piperidine rings is 1. The van der Waals surface area contributed by atoms with Gasteiger partial charge in [0.05, 0.1) is 4.90 Å². The van der Waals surface area contributed by atoms with Gasteiger partial charge in [-0.2, -0.15) is 9.29 Å². The van der Waals surface area contributed by atoms with Gasteiger partial charge in [-0.1, -0.05) is 36.3 Å². The second-order valence-electron chi connectivity index (χ2n) is 7.93. The van der Waals surface area contributed by atoms with Crippen LogP contribution in [0, 0.1) is 12.8 Å². The fraction of sp³-hybridized carbons (Fsp3) is 0.348. The molecule has 8 nitrogen and oxygen atoms in total. The van der Waals surface area contributed by atoms with Gasteiger partial charge >= 0.3 is 0 Å². The molecule has 9 heteroatoms. The van der Waals surface area contributed by atoms with E-state index in [1.807, 2.05) is 38.1 Å². The Hall–Kier alpha value is -3.04. The van der Waals surface area contributed by atoms with Crippen LogP contribution in [0.5, 0.6) is 0 Å². The number of carbonyl (C=O) groups excluding carboxylic acids is 1. The van der Waals surface area contributed by atoms with Crippen LogP contribution in [0.25, 0.3) is 11.4 Å². The number of nitrogens with zero attached hydrogens (tertiary/aromatic N) is 3. The molecule has 0 unspecified atom stereocenters. The average molecular weight is 455 g/mol. The van der Waals surface area contributed by atoms with Gasteiger partial charge in [0.15, 0.2) is 0 Å². The van der Waals surface area contributed by atoms with Gasteiger partial charge in [-0.15, -0.1) is 0 Å². The summed E-state index contributed by atoms with van der Waals surface area (Å²) in [6.07, 6.45) is 1.56. The Morgan fingerprint density at radius 1 is 1.16 bits per heavy atom. The molecule has 1 aromatic heterocycles. The van der Waals surface area contributed by atoms with Crippen molar-refractivity contribution in [2.45, 2.75) is 38.0 Å². The van der Waals surface area contributed by atoms with Gasteiger partial charge in [-0.3, -0.25) is 4.79 Å².